The number of hydrogen-bond acceptors (Lipinski definition) is 3. The van der Waals surface area contributed by atoms with Gasteiger partial charge >= 0.3 is 29.6 Å². The van der Waals surface area contributed by atoms with Gasteiger partial charge in [0.2, 0.25) is 0 Å². The Morgan fingerprint density at radius 3 is 2.50 bits per heavy atom. The van der Waals surface area contributed by atoms with Gasteiger partial charge in [-0.3, -0.25) is 4.98 Å². The van der Waals surface area contributed by atoms with Crippen LogP contribution in [0, 0.1) is 0 Å². The molecule has 0 bridgehead atoms. The van der Waals surface area contributed by atoms with Gasteiger partial charge in [-0.05, 0) is 24.0 Å². The Balaban J connectivity index is 0.00000169. The van der Waals surface area contributed by atoms with Crippen LogP contribution in [0.4, 0.5) is 0 Å². The van der Waals surface area contributed by atoms with Crippen molar-refractivity contribution in [1.29, 1.82) is 0 Å². The van der Waals surface area contributed by atoms with Gasteiger partial charge in [0, 0.05) is 6.20 Å². The van der Waals surface area contributed by atoms with Crippen molar-refractivity contribution in [3.05, 3.63) is 29.1 Å². The van der Waals surface area contributed by atoms with Gasteiger partial charge in [-0.1, -0.05) is 19.9 Å². The van der Waals surface area contributed by atoms with Crippen molar-refractivity contribution in [2.45, 2.75) is 26.7 Å². The van der Waals surface area contributed by atoms with Gasteiger partial charge in [0.15, 0.2) is 0 Å². The third kappa shape index (κ3) is 3.08. The molecule has 0 unspecified atom stereocenters. The molecule has 0 saturated heterocycles. The summed E-state index contributed by atoms with van der Waals surface area (Å²) in [5.41, 5.74) is 1.88. The maximum Gasteiger partial charge on any atom is 1.00 e. The zero-order chi connectivity index (χ0) is 9.84. The van der Waals surface area contributed by atoms with E-state index >= 15 is 0 Å². The van der Waals surface area contributed by atoms with Gasteiger partial charge < -0.3 is 9.90 Å². The quantitative estimate of drug-likeness (QED) is 0.511. The minimum absolute atomic E-state index is 0. The van der Waals surface area contributed by atoms with E-state index in [-0.39, 0.29) is 35.3 Å². The normalized spacial score (nSPS) is 9.29. The number of carbonyl (C=O) groups is 1. The molecule has 0 aliphatic rings. The molecule has 4 heteroatoms. The Labute approximate surface area is 106 Å². The first kappa shape index (κ1) is 13.6. The SMILES string of the molecule is CCc1cnc(C(=O)[O-])c(CC)c1.[Na+]. The molecule has 0 amide bonds. The number of carboxylic acid groups (broad SMARTS) is 1. The molecule has 0 N–H and O–H groups in total. The predicted octanol–water partition coefficient (Wildman–Crippen LogP) is -2.43. The molecule has 1 aromatic rings. The smallest absolute Gasteiger partial charge is 0.543 e. The van der Waals surface area contributed by atoms with Crippen LogP contribution < -0.4 is 34.7 Å². The summed E-state index contributed by atoms with van der Waals surface area (Å²) in [7, 11) is 0. The fraction of sp³-hybridized carbons (Fsp3) is 0.400. The Hall–Kier alpha value is -0.380. The Kier molecular flexibility index (Phi) is 6.00. The van der Waals surface area contributed by atoms with E-state index in [0.29, 0.717) is 6.42 Å². The summed E-state index contributed by atoms with van der Waals surface area (Å²) >= 11 is 0. The van der Waals surface area contributed by atoms with Gasteiger partial charge in [0.25, 0.3) is 0 Å². The molecule has 0 spiro atoms. The number of aryl methyl sites for hydroxylation is 2. The number of aromatic carboxylic acids is 1. The van der Waals surface area contributed by atoms with E-state index in [0.717, 1.165) is 17.5 Å². The molecule has 0 saturated carbocycles. The molecule has 1 aromatic heterocycles. The fourth-order valence-corrected chi connectivity index (χ4v) is 1.21. The van der Waals surface area contributed by atoms with Crippen LogP contribution in [0.15, 0.2) is 12.3 Å². The van der Waals surface area contributed by atoms with Crippen LogP contribution >= 0.6 is 0 Å². The number of aromatic nitrogens is 1. The minimum atomic E-state index is -1.19. The third-order valence-corrected chi connectivity index (χ3v) is 2.01. The largest absolute Gasteiger partial charge is 1.00 e. The Bertz CT molecular complexity index is 326. The molecule has 3 nitrogen and oxygen atoms in total. The van der Waals surface area contributed by atoms with E-state index in [9.17, 15) is 9.90 Å². The Morgan fingerprint density at radius 2 is 2.07 bits per heavy atom. The van der Waals surface area contributed by atoms with Gasteiger partial charge in [0.05, 0.1) is 11.7 Å². The molecule has 14 heavy (non-hydrogen) atoms. The van der Waals surface area contributed by atoms with Crippen LogP contribution in [-0.2, 0) is 12.8 Å². The minimum Gasteiger partial charge on any atom is -0.543 e. The summed E-state index contributed by atoms with van der Waals surface area (Å²) in [5, 5.41) is 10.6. The number of hydrogen-bond donors (Lipinski definition) is 0. The molecule has 0 aliphatic carbocycles. The van der Waals surface area contributed by atoms with Crippen molar-refractivity contribution in [2.24, 2.45) is 0 Å². The molecule has 1 heterocycles. The van der Waals surface area contributed by atoms with Gasteiger partial charge in [-0.15, -0.1) is 0 Å². The van der Waals surface area contributed by atoms with E-state index in [1.807, 2.05) is 19.9 Å². The average molecular weight is 201 g/mol. The zero-order valence-corrected chi connectivity index (χ0v) is 10.8. The van der Waals surface area contributed by atoms with Gasteiger partial charge in [-0.25, -0.2) is 0 Å². The first-order valence-electron chi connectivity index (χ1n) is 4.38. The Morgan fingerprint density at radius 1 is 1.43 bits per heavy atom. The first-order chi connectivity index (χ1) is 6.19. The average Bonchev–Trinajstić information content (AvgIpc) is 2.16. The summed E-state index contributed by atoms with van der Waals surface area (Å²) < 4.78 is 0. The van der Waals surface area contributed by atoms with E-state index in [4.69, 9.17) is 0 Å². The third-order valence-electron chi connectivity index (χ3n) is 2.01. The summed E-state index contributed by atoms with van der Waals surface area (Å²) in [6.45, 7) is 3.91. The van der Waals surface area contributed by atoms with Crippen LogP contribution in [0.1, 0.15) is 35.5 Å². The summed E-state index contributed by atoms with van der Waals surface area (Å²) in [5.74, 6) is -1.19. The predicted molar refractivity (Wildman–Crippen MR) is 47.3 cm³/mol. The number of carboxylic acids is 1. The summed E-state index contributed by atoms with van der Waals surface area (Å²) in [6.07, 6.45) is 3.13. The maximum absolute atomic E-state index is 10.6. The van der Waals surface area contributed by atoms with Crippen molar-refractivity contribution in [3.63, 3.8) is 0 Å². The molecule has 1 rings (SSSR count). The number of rotatable bonds is 3. The van der Waals surface area contributed by atoms with Gasteiger partial charge in [-0.2, -0.15) is 0 Å². The molecular formula is C10H12NNaO2. The standard InChI is InChI=1S/C10H13NO2.Na/c1-3-7-5-8(4-2)9(10(12)13)11-6-7;/h5-6H,3-4H2,1-2H3,(H,12,13);/q;+1/p-1. The first-order valence-corrected chi connectivity index (χ1v) is 4.38. The molecule has 70 valence electrons. The van der Waals surface area contributed by atoms with E-state index < -0.39 is 5.97 Å². The van der Waals surface area contributed by atoms with Crippen LogP contribution in [0.5, 0.6) is 0 Å². The van der Waals surface area contributed by atoms with Crippen molar-refractivity contribution in [1.82, 2.24) is 4.98 Å². The zero-order valence-electron chi connectivity index (χ0n) is 8.83. The van der Waals surface area contributed by atoms with Crippen molar-refractivity contribution < 1.29 is 39.5 Å². The molecule has 0 atom stereocenters. The van der Waals surface area contributed by atoms with E-state index in [2.05, 4.69) is 4.98 Å². The van der Waals surface area contributed by atoms with E-state index in [1.165, 1.54) is 0 Å². The van der Waals surface area contributed by atoms with Crippen LogP contribution in [0.2, 0.25) is 0 Å². The molecule has 0 radical (unpaired) electrons. The molecule has 0 aromatic carbocycles. The second-order valence-corrected chi connectivity index (χ2v) is 2.85. The topological polar surface area (TPSA) is 53.0 Å². The number of carbonyl (C=O) groups excluding carboxylic acids is 1. The van der Waals surface area contributed by atoms with Crippen LogP contribution in [0.3, 0.4) is 0 Å². The van der Waals surface area contributed by atoms with E-state index in [1.54, 1.807) is 6.20 Å². The monoisotopic (exact) mass is 201 g/mol. The summed E-state index contributed by atoms with van der Waals surface area (Å²) in [4.78, 5) is 14.5. The molecule has 0 fully saturated rings. The number of nitrogens with zero attached hydrogens (tertiary/aromatic N) is 1. The van der Waals surface area contributed by atoms with Gasteiger partial charge in [0.1, 0.15) is 0 Å². The van der Waals surface area contributed by atoms with Crippen LogP contribution in [-0.4, -0.2) is 11.0 Å². The molecular weight excluding hydrogens is 189 g/mol. The maximum atomic E-state index is 10.6. The number of pyridine rings is 1. The summed E-state index contributed by atoms with van der Waals surface area (Å²) in [6, 6.07) is 1.87. The fourth-order valence-electron chi connectivity index (χ4n) is 1.21. The van der Waals surface area contributed by atoms with Crippen molar-refractivity contribution >= 4 is 5.97 Å². The molecule has 0 aliphatic heterocycles. The van der Waals surface area contributed by atoms with Crippen molar-refractivity contribution in [3.8, 4) is 0 Å². The second-order valence-electron chi connectivity index (χ2n) is 2.85. The van der Waals surface area contributed by atoms with Crippen molar-refractivity contribution in [2.75, 3.05) is 0 Å². The van der Waals surface area contributed by atoms with Crippen LogP contribution in [0.25, 0.3) is 0 Å². The second kappa shape index (κ2) is 6.17.